The number of carbonyl (C=O) groups is 2. The van der Waals surface area contributed by atoms with E-state index in [1.54, 1.807) is 0 Å². The highest BCUT2D eigenvalue weighted by atomic mass is 16.3. The highest BCUT2D eigenvalue weighted by Crippen LogP contribution is 2.23. The molecule has 1 saturated carbocycles. The summed E-state index contributed by atoms with van der Waals surface area (Å²) in [7, 11) is 0. The second kappa shape index (κ2) is 8.91. The summed E-state index contributed by atoms with van der Waals surface area (Å²) in [4.78, 5) is 22.9. The third kappa shape index (κ3) is 6.57. The fourth-order valence-electron chi connectivity index (χ4n) is 2.48. The Bertz CT molecular complexity index is 286. The number of rotatable bonds is 7. The van der Waals surface area contributed by atoms with Gasteiger partial charge >= 0.3 is 0 Å². The molecule has 19 heavy (non-hydrogen) atoms. The van der Waals surface area contributed by atoms with E-state index >= 15 is 0 Å². The Morgan fingerprint density at radius 2 is 1.74 bits per heavy atom. The van der Waals surface area contributed by atoms with E-state index in [4.69, 9.17) is 5.11 Å². The van der Waals surface area contributed by atoms with Crippen LogP contribution in [0.5, 0.6) is 0 Å². The zero-order chi connectivity index (χ0) is 14.1. The Hall–Kier alpha value is -1.10. The lowest BCUT2D eigenvalue weighted by atomic mass is 9.86. The number of carbonyl (C=O) groups excluding carboxylic acids is 2. The summed E-state index contributed by atoms with van der Waals surface area (Å²) in [5.41, 5.74) is 0. The van der Waals surface area contributed by atoms with E-state index in [1.807, 2.05) is 6.92 Å². The maximum atomic E-state index is 11.7. The normalized spacial score (nSPS) is 22.8. The van der Waals surface area contributed by atoms with Crippen LogP contribution in [0.15, 0.2) is 0 Å². The molecule has 0 aromatic rings. The van der Waals surface area contributed by atoms with Gasteiger partial charge in [0.05, 0.1) is 0 Å². The lowest BCUT2D eigenvalue weighted by Gasteiger charge is -2.27. The summed E-state index contributed by atoms with van der Waals surface area (Å²) in [6.07, 6.45) is 5.31. The lowest BCUT2D eigenvalue weighted by molar-refractivity contribution is -0.123. The van der Waals surface area contributed by atoms with Crippen molar-refractivity contribution in [2.75, 3.05) is 13.2 Å². The first-order valence-electron chi connectivity index (χ1n) is 7.32. The maximum absolute atomic E-state index is 11.7. The van der Waals surface area contributed by atoms with E-state index in [0.717, 1.165) is 25.7 Å². The van der Waals surface area contributed by atoms with Gasteiger partial charge in [-0.25, -0.2) is 0 Å². The van der Waals surface area contributed by atoms with Gasteiger partial charge in [0.2, 0.25) is 11.8 Å². The van der Waals surface area contributed by atoms with Crippen molar-refractivity contribution < 1.29 is 14.7 Å². The Balaban J connectivity index is 2.09. The predicted molar refractivity (Wildman–Crippen MR) is 73.5 cm³/mol. The van der Waals surface area contributed by atoms with Crippen LogP contribution < -0.4 is 10.6 Å². The van der Waals surface area contributed by atoms with Gasteiger partial charge in [-0.05, 0) is 44.9 Å². The number of hydrogen-bond acceptors (Lipinski definition) is 3. The molecule has 2 amide bonds. The highest BCUT2D eigenvalue weighted by molar-refractivity contribution is 5.78. The van der Waals surface area contributed by atoms with Crippen molar-refractivity contribution in [1.29, 1.82) is 0 Å². The molecule has 1 rings (SSSR count). The molecule has 5 nitrogen and oxygen atoms in total. The van der Waals surface area contributed by atoms with Gasteiger partial charge in [-0.1, -0.05) is 0 Å². The number of aliphatic hydroxyl groups is 1. The highest BCUT2D eigenvalue weighted by Gasteiger charge is 2.21. The van der Waals surface area contributed by atoms with E-state index < -0.39 is 0 Å². The van der Waals surface area contributed by atoms with E-state index in [1.165, 1.54) is 0 Å². The summed E-state index contributed by atoms with van der Waals surface area (Å²) in [5.74, 6) is 0.460. The van der Waals surface area contributed by atoms with Crippen LogP contribution in [0.1, 0.15) is 51.9 Å². The predicted octanol–water partition coefficient (Wildman–Crippen LogP) is 0.960. The van der Waals surface area contributed by atoms with Crippen molar-refractivity contribution >= 4 is 11.8 Å². The molecule has 1 aliphatic rings. The van der Waals surface area contributed by atoms with Gasteiger partial charge in [0.1, 0.15) is 0 Å². The standard InChI is InChI=1S/C14H26N2O3/c1-2-15-13(18)4-3-5-14(19)16-12-8-6-11(10-17)7-9-12/h11-12,17H,2-10H2,1H3,(H,15,18)(H,16,19). The fraction of sp³-hybridized carbons (Fsp3) is 0.857. The van der Waals surface area contributed by atoms with Crippen LogP contribution in [0.2, 0.25) is 0 Å². The van der Waals surface area contributed by atoms with Gasteiger partial charge in [-0.3, -0.25) is 9.59 Å². The molecule has 0 aliphatic heterocycles. The van der Waals surface area contributed by atoms with Crippen LogP contribution in [0.3, 0.4) is 0 Å². The third-order valence-electron chi connectivity index (χ3n) is 3.65. The van der Waals surface area contributed by atoms with Crippen molar-refractivity contribution in [3.63, 3.8) is 0 Å². The van der Waals surface area contributed by atoms with Crippen LogP contribution >= 0.6 is 0 Å². The largest absolute Gasteiger partial charge is 0.396 e. The monoisotopic (exact) mass is 270 g/mol. The Labute approximate surface area is 115 Å². The molecule has 0 aromatic heterocycles. The van der Waals surface area contributed by atoms with E-state index in [0.29, 0.717) is 31.7 Å². The molecule has 0 unspecified atom stereocenters. The lowest BCUT2D eigenvalue weighted by Crippen LogP contribution is -2.38. The zero-order valence-corrected chi connectivity index (χ0v) is 11.8. The zero-order valence-electron chi connectivity index (χ0n) is 11.8. The SMILES string of the molecule is CCNC(=O)CCCC(=O)NC1CCC(CO)CC1. The van der Waals surface area contributed by atoms with Crippen LogP contribution in [-0.4, -0.2) is 36.1 Å². The van der Waals surface area contributed by atoms with Crippen molar-refractivity contribution in [1.82, 2.24) is 10.6 Å². The fourth-order valence-corrected chi connectivity index (χ4v) is 2.48. The quantitative estimate of drug-likeness (QED) is 0.645. The first-order valence-corrected chi connectivity index (χ1v) is 7.32. The molecule has 0 spiro atoms. The molecule has 0 aromatic carbocycles. The van der Waals surface area contributed by atoms with Crippen molar-refractivity contribution in [2.24, 2.45) is 5.92 Å². The Kier molecular flexibility index (Phi) is 7.48. The van der Waals surface area contributed by atoms with E-state index in [-0.39, 0.29) is 24.5 Å². The van der Waals surface area contributed by atoms with E-state index in [9.17, 15) is 9.59 Å². The molecular weight excluding hydrogens is 244 g/mol. The molecule has 0 bridgehead atoms. The number of hydrogen-bond donors (Lipinski definition) is 3. The molecule has 0 saturated heterocycles. The Morgan fingerprint density at radius 1 is 1.11 bits per heavy atom. The van der Waals surface area contributed by atoms with Gasteiger partial charge in [0, 0.05) is 32.0 Å². The van der Waals surface area contributed by atoms with Crippen molar-refractivity contribution in [3.05, 3.63) is 0 Å². The molecule has 0 atom stereocenters. The third-order valence-corrected chi connectivity index (χ3v) is 3.65. The van der Waals surface area contributed by atoms with Crippen molar-refractivity contribution in [2.45, 2.75) is 57.9 Å². The first kappa shape index (κ1) is 16.0. The second-order valence-corrected chi connectivity index (χ2v) is 5.27. The van der Waals surface area contributed by atoms with Crippen LogP contribution in [0.25, 0.3) is 0 Å². The second-order valence-electron chi connectivity index (χ2n) is 5.27. The number of amides is 2. The smallest absolute Gasteiger partial charge is 0.220 e. The summed E-state index contributed by atoms with van der Waals surface area (Å²) in [6, 6.07) is 0.250. The average molecular weight is 270 g/mol. The minimum absolute atomic E-state index is 0.0127. The number of nitrogens with one attached hydrogen (secondary N) is 2. The molecular formula is C14H26N2O3. The van der Waals surface area contributed by atoms with E-state index in [2.05, 4.69) is 10.6 Å². The number of aliphatic hydroxyl groups excluding tert-OH is 1. The molecule has 1 aliphatic carbocycles. The summed E-state index contributed by atoms with van der Waals surface area (Å²) < 4.78 is 0. The topological polar surface area (TPSA) is 78.4 Å². The first-order chi connectivity index (χ1) is 9.15. The van der Waals surface area contributed by atoms with Crippen molar-refractivity contribution in [3.8, 4) is 0 Å². The summed E-state index contributed by atoms with van der Waals surface area (Å²) in [6.45, 7) is 2.78. The molecule has 110 valence electrons. The van der Waals surface area contributed by atoms with Gasteiger partial charge in [-0.2, -0.15) is 0 Å². The Morgan fingerprint density at radius 3 is 2.32 bits per heavy atom. The molecule has 3 N–H and O–H groups in total. The molecule has 0 radical (unpaired) electrons. The van der Waals surface area contributed by atoms with Crippen LogP contribution in [0, 0.1) is 5.92 Å². The maximum Gasteiger partial charge on any atom is 0.220 e. The molecule has 1 fully saturated rings. The molecule has 5 heteroatoms. The minimum Gasteiger partial charge on any atom is -0.396 e. The average Bonchev–Trinajstić information content (AvgIpc) is 2.40. The van der Waals surface area contributed by atoms with Crippen LogP contribution in [-0.2, 0) is 9.59 Å². The summed E-state index contributed by atoms with van der Waals surface area (Å²) in [5, 5.41) is 14.8. The van der Waals surface area contributed by atoms with Gasteiger partial charge in [0.25, 0.3) is 0 Å². The molecule has 0 heterocycles. The van der Waals surface area contributed by atoms with Gasteiger partial charge in [-0.15, -0.1) is 0 Å². The summed E-state index contributed by atoms with van der Waals surface area (Å²) >= 11 is 0. The van der Waals surface area contributed by atoms with Gasteiger partial charge in [0.15, 0.2) is 0 Å². The van der Waals surface area contributed by atoms with Gasteiger partial charge < -0.3 is 15.7 Å². The minimum atomic E-state index is 0.0127. The van der Waals surface area contributed by atoms with Crippen LogP contribution in [0.4, 0.5) is 0 Å².